The van der Waals surface area contributed by atoms with Crippen LogP contribution in [-0.2, 0) is 17.6 Å². The van der Waals surface area contributed by atoms with E-state index in [1.165, 1.54) is 30.4 Å². The Morgan fingerprint density at radius 2 is 2.05 bits per heavy atom. The van der Waals surface area contributed by atoms with Gasteiger partial charge in [-0.2, -0.15) is 0 Å². The maximum absolute atomic E-state index is 11.6. The first-order valence-corrected chi connectivity index (χ1v) is 7.23. The van der Waals surface area contributed by atoms with Crippen molar-refractivity contribution in [3.63, 3.8) is 0 Å². The van der Waals surface area contributed by atoms with E-state index in [0.29, 0.717) is 0 Å². The molecular formula is C16H23NO2. The van der Waals surface area contributed by atoms with E-state index in [9.17, 15) is 4.79 Å². The maximum Gasteiger partial charge on any atom is 0.258 e. The van der Waals surface area contributed by atoms with Crippen LogP contribution in [0.3, 0.4) is 0 Å². The second-order valence-electron chi connectivity index (χ2n) is 5.30. The van der Waals surface area contributed by atoms with Crippen LogP contribution in [0.25, 0.3) is 0 Å². The molecule has 3 heteroatoms. The van der Waals surface area contributed by atoms with Crippen LogP contribution in [0.4, 0.5) is 0 Å². The Balaban J connectivity index is 1.87. The second kappa shape index (κ2) is 6.60. The molecule has 1 aromatic carbocycles. The van der Waals surface area contributed by atoms with Crippen molar-refractivity contribution in [2.24, 2.45) is 0 Å². The van der Waals surface area contributed by atoms with Gasteiger partial charge in [0.1, 0.15) is 5.75 Å². The molecule has 0 fully saturated rings. The molecule has 19 heavy (non-hydrogen) atoms. The van der Waals surface area contributed by atoms with Crippen LogP contribution in [0.2, 0.25) is 0 Å². The van der Waals surface area contributed by atoms with Crippen molar-refractivity contribution in [2.45, 2.75) is 52.0 Å². The van der Waals surface area contributed by atoms with Crippen LogP contribution in [0.5, 0.6) is 5.75 Å². The highest BCUT2D eigenvalue weighted by molar-refractivity contribution is 5.77. The summed E-state index contributed by atoms with van der Waals surface area (Å²) in [6.45, 7) is 4.15. The Hall–Kier alpha value is -1.51. The van der Waals surface area contributed by atoms with E-state index in [1.807, 2.05) is 13.0 Å². The zero-order valence-electron chi connectivity index (χ0n) is 11.9. The molecule has 0 bridgehead atoms. The van der Waals surface area contributed by atoms with Crippen LogP contribution in [-0.4, -0.2) is 18.6 Å². The molecule has 0 radical (unpaired) electrons. The number of hydrogen-bond donors (Lipinski definition) is 1. The molecule has 1 aromatic rings. The van der Waals surface area contributed by atoms with Gasteiger partial charge in [0.2, 0.25) is 0 Å². The zero-order valence-corrected chi connectivity index (χ0v) is 11.9. The van der Waals surface area contributed by atoms with E-state index in [0.717, 1.165) is 18.6 Å². The van der Waals surface area contributed by atoms with Crippen molar-refractivity contribution in [3.8, 4) is 5.75 Å². The molecule has 0 aliphatic heterocycles. The Labute approximate surface area is 115 Å². The van der Waals surface area contributed by atoms with E-state index in [1.54, 1.807) is 0 Å². The van der Waals surface area contributed by atoms with Crippen molar-refractivity contribution < 1.29 is 9.53 Å². The number of hydrogen-bond acceptors (Lipinski definition) is 2. The highest BCUT2D eigenvalue weighted by Gasteiger charge is 2.11. The monoisotopic (exact) mass is 261 g/mol. The van der Waals surface area contributed by atoms with E-state index >= 15 is 0 Å². The molecule has 1 N–H and O–H groups in total. The Kier molecular flexibility index (Phi) is 4.83. The minimum Gasteiger partial charge on any atom is -0.484 e. The molecule has 104 valence electrons. The van der Waals surface area contributed by atoms with E-state index in [4.69, 9.17) is 4.74 Å². The highest BCUT2D eigenvalue weighted by atomic mass is 16.5. The molecule has 0 spiro atoms. The number of amides is 1. The second-order valence-corrected chi connectivity index (χ2v) is 5.30. The molecule has 3 nitrogen and oxygen atoms in total. The number of ether oxygens (including phenoxy) is 1. The van der Waals surface area contributed by atoms with Gasteiger partial charge in [-0.3, -0.25) is 4.79 Å². The van der Waals surface area contributed by atoms with Crippen molar-refractivity contribution in [1.29, 1.82) is 0 Å². The van der Waals surface area contributed by atoms with Crippen LogP contribution < -0.4 is 10.1 Å². The third kappa shape index (κ3) is 3.98. The minimum absolute atomic E-state index is 0.0490. The number of fused-ring (bicyclic) bond motifs is 1. The molecule has 1 atom stereocenters. The van der Waals surface area contributed by atoms with Crippen molar-refractivity contribution in [3.05, 3.63) is 29.3 Å². The smallest absolute Gasteiger partial charge is 0.258 e. The Morgan fingerprint density at radius 1 is 1.32 bits per heavy atom. The lowest BCUT2D eigenvalue weighted by Crippen LogP contribution is -2.35. The van der Waals surface area contributed by atoms with Crippen molar-refractivity contribution in [2.75, 3.05) is 6.61 Å². The summed E-state index contributed by atoms with van der Waals surface area (Å²) in [7, 11) is 0. The maximum atomic E-state index is 11.6. The van der Waals surface area contributed by atoms with Gasteiger partial charge in [-0.1, -0.05) is 13.0 Å². The third-order valence-corrected chi connectivity index (χ3v) is 3.71. The van der Waals surface area contributed by atoms with Gasteiger partial charge in [0.15, 0.2) is 6.61 Å². The minimum atomic E-state index is -0.0490. The van der Waals surface area contributed by atoms with Crippen LogP contribution >= 0.6 is 0 Å². The summed E-state index contributed by atoms with van der Waals surface area (Å²) >= 11 is 0. The first-order valence-electron chi connectivity index (χ1n) is 7.23. The highest BCUT2D eigenvalue weighted by Crippen LogP contribution is 2.25. The quantitative estimate of drug-likeness (QED) is 0.885. The van der Waals surface area contributed by atoms with E-state index in [-0.39, 0.29) is 18.6 Å². The van der Waals surface area contributed by atoms with Crippen LogP contribution in [0.1, 0.15) is 44.2 Å². The Bertz CT molecular complexity index is 442. The lowest BCUT2D eigenvalue weighted by Gasteiger charge is -2.17. The summed E-state index contributed by atoms with van der Waals surface area (Å²) in [4.78, 5) is 11.6. The number of carbonyl (C=O) groups excluding carboxylic acids is 1. The molecule has 1 aliphatic rings. The van der Waals surface area contributed by atoms with Crippen LogP contribution in [0, 0.1) is 0 Å². The third-order valence-electron chi connectivity index (χ3n) is 3.71. The van der Waals surface area contributed by atoms with E-state index < -0.39 is 0 Å². The molecule has 0 heterocycles. The number of carbonyl (C=O) groups is 1. The Morgan fingerprint density at radius 3 is 2.79 bits per heavy atom. The summed E-state index contributed by atoms with van der Waals surface area (Å²) in [5, 5.41) is 2.90. The van der Waals surface area contributed by atoms with Gasteiger partial charge in [0, 0.05) is 6.04 Å². The lowest BCUT2D eigenvalue weighted by atomic mass is 9.92. The standard InChI is InChI=1S/C16H23NO2/c1-3-12(2)17-16(18)11-19-15-9-8-13-6-4-5-7-14(13)10-15/h8-10,12H,3-7,11H2,1-2H3,(H,17,18)/t12-/m0/s1. The fourth-order valence-electron chi connectivity index (χ4n) is 2.37. The molecule has 0 unspecified atom stereocenters. The molecule has 1 amide bonds. The van der Waals surface area contributed by atoms with Crippen molar-refractivity contribution >= 4 is 5.91 Å². The first kappa shape index (κ1) is 13.9. The number of aryl methyl sites for hydroxylation is 2. The fraction of sp³-hybridized carbons (Fsp3) is 0.562. The summed E-state index contributed by atoms with van der Waals surface area (Å²) in [6.07, 6.45) is 5.77. The van der Waals surface area contributed by atoms with Gasteiger partial charge in [-0.25, -0.2) is 0 Å². The summed E-state index contributed by atoms with van der Waals surface area (Å²) in [6, 6.07) is 6.40. The summed E-state index contributed by atoms with van der Waals surface area (Å²) < 4.78 is 5.57. The topological polar surface area (TPSA) is 38.3 Å². The summed E-state index contributed by atoms with van der Waals surface area (Å²) in [5.74, 6) is 0.757. The molecule has 2 rings (SSSR count). The predicted octanol–water partition coefficient (Wildman–Crippen LogP) is 2.86. The molecule has 1 aliphatic carbocycles. The first-order chi connectivity index (χ1) is 9.19. The normalized spacial score (nSPS) is 15.5. The SMILES string of the molecule is CC[C@H](C)NC(=O)COc1ccc2c(c1)CCCC2. The molecule has 0 saturated heterocycles. The molecule has 0 aromatic heterocycles. The van der Waals surface area contributed by atoms with Gasteiger partial charge >= 0.3 is 0 Å². The average Bonchev–Trinajstić information content (AvgIpc) is 2.44. The fourth-order valence-corrected chi connectivity index (χ4v) is 2.37. The van der Waals surface area contributed by atoms with Crippen molar-refractivity contribution in [1.82, 2.24) is 5.32 Å². The van der Waals surface area contributed by atoms with Crippen LogP contribution in [0.15, 0.2) is 18.2 Å². The number of rotatable bonds is 5. The zero-order chi connectivity index (χ0) is 13.7. The molecular weight excluding hydrogens is 238 g/mol. The molecule has 0 saturated carbocycles. The lowest BCUT2D eigenvalue weighted by molar-refractivity contribution is -0.123. The van der Waals surface area contributed by atoms with Gasteiger partial charge in [0.05, 0.1) is 0 Å². The number of nitrogens with one attached hydrogen (secondary N) is 1. The largest absolute Gasteiger partial charge is 0.484 e. The summed E-state index contributed by atoms with van der Waals surface area (Å²) in [5.41, 5.74) is 2.81. The van der Waals surface area contributed by atoms with E-state index in [2.05, 4.69) is 24.4 Å². The average molecular weight is 261 g/mol. The van der Waals surface area contributed by atoms with Gasteiger partial charge in [0.25, 0.3) is 5.91 Å². The van der Waals surface area contributed by atoms with Gasteiger partial charge in [-0.15, -0.1) is 0 Å². The number of benzene rings is 1. The van der Waals surface area contributed by atoms with Gasteiger partial charge < -0.3 is 10.1 Å². The predicted molar refractivity (Wildman–Crippen MR) is 76.5 cm³/mol. The van der Waals surface area contributed by atoms with Gasteiger partial charge in [-0.05, 0) is 62.3 Å².